The third kappa shape index (κ3) is 4.86. The van der Waals surface area contributed by atoms with Crippen molar-refractivity contribution in [1.82, 2.24) is 24.8 Å². The largest absolute Gasteiger partial charge is 0.469 e. The van der Waals surface area contributed by atoms with E-state index in [9.17, 15) is 19.8 Å². The summed E-state index contributed by atoms with van der Waals surface area (Å²) >= 11 is 0. The summed E-state index contributed by atoms with van der Waals surface area (Å²) in [6, 6.07) is 0. The van der Waals surface area contributed by atoms with Gasteiger partial charge in [0.15, 0.2) is 23.8 Å². The molecule has 36 heavy (non-hydrogen) atoms. The van der Waals surface area contributed by atoms with Crippen LogP contribution in [0.25, 0.3) is 11.2 Å². The molecular formula is C24H32N6O6. The van der Waals surface area contributed by atoms with Gasteiger partial charge in [-0.25, -0.2) is 15.0 Å². The normalized spacial score (nSPS) is 30.0. The van der Waals surface area contributed by atoms with E-state index < -0.39 is 35.9 Å². The highest BCUT2D eigenvalue weighted by Gasteiger charge is 2.47. The molecule has 0 bridgehead atoms. The number of anilines is 1. The van der Waals surface area contributed by atoms with Crippen LogP contribution in [0.2, 0.25) is 0 Å². The summed E-state index contributed by atoms with van der Waals surface area (Å²) in [4.78, 5) is 37.1. The van der Waals surface area contributed by atoms with E-state index >= 15 is 0 Å². The summed E-state index contributed by atoms with van der Waals surface area (Å²) in [7, 11) is 1.42. The standard InChI is InChI=1S/C24H32N6O6/c1-4-26-21(33)18-16(31)17(32)22(36-18)30-12-27-15-19(25)28-14(29-20(15)30)7-5-6-13-8-10-24(2,11-9-13)23(34)35-3/h12-13,16-18,22,31-32H,4,6,8-11H2,1-3H3,(H,26,33)(H2,25,28,29)/t13?,16?,17-,18-,22+,24?/m0/s1. The Balaban J connectivity index is 1.49. The molecule has 0 spiro atoms. The molecule has 4 rings (SSSR count). The highest BCUT2D eigenvalue weighted by atomic mass is 16.6. The minimum atomic E-state index is -1.42. The lowest BCUT2D eigenvalue weighted by molar-refractivity contribution is -0.154. The maximum absolute atomic E-state index is 12.2. The van der Waals surface area contributed by atoms with Crippen LogP contribution in [0.5, 0.6) is 0 Å². The summed E-state index contributed by atoms with van der Waals surface area (Å²) in [5, 5.41) is 23.5. The zero-order chi connectivity index (χ0) is 26.0. The number of aliphatic hydroxyl groups is 2. The van der Waals surface area contributed by atoms with Gasteiger partial charge in [0.25, 0.3) is 5.91 Å². The van der Waals surface area contributed by atoms with E-state index in [1.165, 1.54) is 18.0 Å². The Morgan fingerprint density at radius 2 is 2.03 bits per heavy atom. The number of likely N-dealkylation sites (N-methyl/N-ethyl adjacent to an activating group) is 1. The van der Waals surface area contributed by atoms with Crippen LogP contribution in [0, 0.1) is 23.2 Å². The van der Waals surface area contributed by atoms with Gasteiger partial charge in [-0.15, -0.1) is 0 Å². The number of amides is 1. The first-order valence-corrected chi connectivity index (χ1v) is 12.0. The van der Waals surface area contributed by atoms with Gasteiger partial charge in [-0.2, -0.15) is 0 Å². The van der Waals surface area contributed by atoms with Crippen molar-refractivity contribution in [3.8, 4) is 11.8 Å². The Hall–Kier alpha value is -3.27. The number of fused-ring (bicyclic) bond motifs is 1. The molecule has 12 heteroatoms. The number of esters is 1. The molecule has 4 atom stereocenters. The number of rotatable bonds is 5. The third-order valence-electron chi connectivity index (χ3n) is 7.05. The second-order valence-corrected chi connectivity index (χ2v) is 9.58. The average molecular weight is 501 g/mol. The van der Waals surface area contributed by atoms with E-state index in [-0.39, 0.29) is 23.3 Å². The van der Waals surface area contributed by atoms with Crippen LogP contribution in [0.3, 0.4) is 0 Å². The van der Waals surface area contributed by atoms with Crippen molar-refractivity contribution in [3.63, 3.8) is 0 Å². The predicted molar refractivity (Wildman–Crippen MR) is 128 cm³/mol. The van der Waals surface area contributed by atoms with Crippen molar-refractivity contribution in [2.75, 3.05) is 19.4 Å². The van der Waals surface area contributed by atoms with Gasteiger partial charge in [-0.3, -0.25) is 14.2 Å². The van der Waals surface area contributed by atoms with Crippen molar-refractivity contribution in [1.29, 1.82) is 0 Å². The van der Waals surface area contributed by atoms with E-state index in [0.29, 0.717) is 24.4 Å². The maximum atomic E-state index is 12.2. The molecular weight excluding hydrogens is 468 g/mol. The van der Waals surface area contributed by atoms with Gasteiger partial charge in [0.1, 0.15) is 17.7 Å². The quantitative estimate of drug-likeness (QED) is 0.329. The smallest absolute Gasteiger partial charge is 0.311 e. The number of nitrogens with two attached hydrogens (primary N) is 1. The number of methoxy groups -OCH3 is 1. The average Bonchev–Trinajstić information content (AvgIpc) is 3.41. The number of carbonyl (C=O) groups is 2. The zero-order valence-corrected chi connectivity index (χ0v) is 20.6. The van der Waals surface area contributed by atoms with Crippen LogP contribution in [0.4, 0.5) is 5.82 Å². The van der Waals surface area contributed by atoms with Crippen molar-refractivity contribution in [2.24, 2.45) is 11.3 Å². The highest BCUT2D eigenvalue weighted by molar-refractivity contribution is 5.83. The van der Waals surface area contributed by atoms with Crippen LogP contribution in [-0.2, 0) is 19.1 Å². The van der Waals surface area contributed by atoms with Gasteiger partial charge in [0, 0.05) is 13.0 Å². The maximum Gasteiger partial charge on any atom is 0.311 e. The number of imidazole rings is 1. The minimum absolute atomic E-state index is 0.114. The van der Waals surface area contributed by atoms with Crippen molar-refractivity contribution >= 4 is 28.9 Å². The molecule has 1 unspecified atom stereocenters. The minimum Gasteiger partial charge on any atom is -0.469 e. The highest BCUT2D eigenvalue weighted by Crippen LogP contribution is 2.40. The molecule has 2 aromatic rings. The number of hydrogen-bond donors (Lipinski definition) is 4. The molecule has 0 radical (unpaired) electrons. The van der Waals surface area contributed by atoms with Crippen molar-refractivity contribution in [2.45, 2.75) is 70.5 Å². The molecule has 12 nitrogen and oxygen atoms in total. The van der Waals surface area contributed by atoms with Gasteiger partial charge in [0.05, 0.1) is 18.9 Å². The summed E-state index contributed by atoms with van der Waals surface area (Å²) < 4.78 is 12.0. The van der Waals surface area contributed by atoms with E-state index in [1.807, 2.05) is 6.92 Å². The fourth-order valence-electron chi connectivity index (χ4n) is 4.81. The molecule has 5 N–H and O–H groups in total. The Bertz CT molecular complexity index is 1190. The van der Waals surface area contributed by atoms with E-state index in [0.717, 1.165) is 25.7 Å². The van der Waals surface area contributed by atoms with Crippen molar-refractivity contribution in [3.05, 3.63) is 12.2 Å². The SMILES string of the molecule is CCNC(=O)[C@H]1O[C@@H](n2cnc3c(N)nc(C#CCC4CCC(C)(C(=O)OC)CC4)nc32)[C@@H](O)C1O. The number of ether oxygens (including phenoxy) is 2. The molecule has 1 saturated heterocycles. The number of aliphatic hydroxyl groups excluding tert-OH is 2. The van der Waals surface area contributed by atoms with Gasteiger partial charge in [-0.05, 0) is 51.4 Å². The second-order valence-electron chi connectivity index (χ2n) is 9.58. The number of nitrogen functional groups attached to an aromatic ring is 1. The first-order valence-electron chi connectivity index (χ1n) is 12.0. The number of carbonyl (C=O) groups excluding carboxylic acids is 2. The monoisotopic (exact) mass is 500 g/mol. The summed E-state index contributed by atoms with van der Waals surface area (Å²) in [6.07, 6.45) is 0.118. The molecule has 1 aliphatic heterocycles. The van der Waals surface area contributed by atoms with Crippen LogP contribution >= 0.6 is 0 Å². The van der Waals surface area contributed by atoms with Gasteiger partial charge >= 0.3 is 5.97 Å². The lowest BCUT2D eigenvalue weighted by atomic mass is 9.71. The summed E-state index contributed by atoms with van der Waals surface area (Å²) in [5.41, 5.74) is 6.21. The Morgan fingerprint density at radius 1 is 1.31 bits per heavy atom. The molecule has 2 aliphatic rings. The Kier molecular flexibility index (Phi) is 7.44. The first kappa shape index (κ1) is 25.8. The first-order chi connectivity index (χ1) is 17.2. The van der Waals surface area contributed by atoms with Crippen LogP contribution in [-0.4, -0.2) is 73.6 Å². The Morgan fingerprint density at radius 3 is 2.69 bits per heavy atom. The molecule has 2 fully saturated rings. The fourth-order valence-corrected chi connectivity index (χ4v) is 4.81. The topological polar surface area (TPSA) is 175 Å². The van der Waals surface area contributed by atoms with E-state index in [4.69, 9.17) is 15.2 Å². The number of nitrogens with one attached hydrogen (secondary N) is 1. The van der Waals surface area contributed by atoms with Crippen LogP contribution in [0.15, 0.2) is 6.33 Å². The molecule has 0 aromatic carbocycles. The van der Waals surface area contributed by atoms with Gasteiger partial charge < -0.3 is 30.7 Å². The molecule has 2 aromatic heterocycles. The summed E-state index contributed by atoms with van der Waals surface area (Å²) in [6.45, 7) is 4.04. The second kappa shape index (κ2) is 10.4. The van der Waals surface area contributed by atoms with Crippen molar-refractivity contribution < 1.29 is 29.3 Å². The molecule has 1 saturated carbocycles. The predicted octanol–water partition coefficient (Wildman–Crippen LogP) is 0.275. The Labute approximate surface area is 208 Å². The molecule has 194 valence electrons. The zero-order valence-electron chi connectivity index (χ0n) is 20.6. The molecule has 3 heterocycles. The summed E-state index contributed by atoms with van der Waals surface area (Å²) in [5.74, 6) is 6.04. The molecule has 1 aliphatic carbocycles. The third-order valence-corrected chi connectivity index (χ3v) is 7.05. The van der Waals surface area contributed by atoms with E-state index in [2.05, 4.69) is 32.1 Å². The van der Waals surface area contributed by atoms with Gasteiger partial charge in [0.2, 0.25) is 5.82 Å². The van der Waals surface area contributed by atoms with E-state index in [1.54, 1.807) is 6.92 Å². The lowest BCUT2D eigenvalue weighted by Gasteiger charge is -2.34. The van der Waals surface area contributed by atoms with Crippen LogP contribution < -0.4 is 11.1 Å². The number of nitrogens with zero attached hydrogens (tertiary/aromatic N) is 4. The van der Waals surface area contributed by atoms with Gasteiger partial charge in [-0.1, -0.05) is 5.92 Å². The number of hydrogen-bond acceptors (Lipinski definition) is 10. The van der Waals surface area contributed by atoms with Crippen LogP contribution in [0.1, 0.15) is 58.0 Å². The fraction of sp³-hybridized carbons (Fsp3) is 0.625. The lowest BCUT2D eigenvalue weighted by Crippen LogP contribution is -2.42. The molecule has 1 amide bonds. The number of aromatic nitrogens is 4.